The molecule has 3 rings (SSSR count). The normalized spacial score (nSPS) is 16.6. The van der Waals surface area contributed by atoms with E-state index in [-0.39, 0.29) is 11.1 Å². The van der Waals surface area contributed by atoms with Crippen LogP contribution in [0.2, 0.25) is 5.02 Å². The number of ether oxygens (including phenoxy) is 2. The highest BCUT2D eigenvalue weighted by molar-refractivity contribution is 6.31. The Morgan fingerprint density at radius 1 is 1.23 bits per heavy atom. The van der Waals surface area contributed by atoms with Gasteiger partial charge in [0.2, 0.25) is 0 Å². The fourth-order valence-corrected chi connectivity index (χ4v) is 2.90. The van der Waals surface area contributed by atoms with Crippen LogP contribution in [0.15, 0.2) is 42.5 Å². The second-order valence-corrected chi connectivity index (χ2v) is 6.19. The van der Waals surface area contributed by atoms with Crippen LogP contribution >= 0.6 is 11.6 Å². The third kappa shape index (κ3) is 3.28. The van der Waals surface area contributed by atoms with Crippen LogP contribution in [0, 0.1) is 0 Å². The van der Waals surface area contributed by atoms with Crippen molar-refractivity contribution in [2.45, 2.75) is 13.0 Å². The van der Waals surface area contributed by atoms with E-state index in [0.717, 1.165) is 4.90 Å². The zero-order chi connectivity index (χ0) is 18.8. The minimum Gasteiger partial charge on any atom is -0.496 e. The van der Waals surface area contributed by atoms with Gasteiger partial charge in [-0.15, -0.1) is 0 Å². The number of fused-ring (bicyclic) bond motifs is 1. The van der Waals surface area contributed by atoms with Gasteiger partial charge in [0, 0.05) is 5.02 Å². The van der Waals surface area contributed by atoms with E-state index in [4.69, 9.17) is 21.1 Å². The van der Waals surface area contributed by atoms with Gasteiger partial charge in [-0.2, -0.15) is 0 Å². The molecular formula is C19H16ClNO5. The standard InChI is InChI=1S/C19H16ClNO5/c1-11-18(23)21(19(24)13-5-3-4-6-17(13)26-11)10-15(22)14-9-12(20)7-8-16(14)25-2/h3-9,11H,10H2,1-2H3/t11-/m0/s1. The van der Waals surface area contributed by atoms with E-state index in [2.05, 4.69) is 0 Å². The predicted molar refractivity (Wildman–Crippen MR) is 94.9 cm³/mol. The largest absolute Gasteiger partial charge is 0.496 e. The molecule has 0 saturated carbocycles. The number of ketones is 1. The molecule has 2 aromatic rings. The summed E-state index contributed by atoms with van der Waals surface area (Å²) in [5.41, 5.74) is 0.433. The van der Waals surface area contributed by atoms with Gasteiger partial charge in [-0.25, -0.2) is 0 Å². The Labute approximate surface area is 155 Å². The molecule has 2 amide bonds. The van der Waals surface area contributed by atoms with E-state index in [1.54, 1.807) is 36.4 Å². The number of Topliss-reactive ketones (excluding diaryl/α,β-unsaturated/α-hetero) is 1. The van der Waals surface area contributed by atoms with Crippen molar-refractivity contribution in [2.75, 3.05) is 13.7 Å². The van der Waals surface area contributed by atoms with Crippen LogP contribution in [0.4, 0.5) is 0 Å². The van der Waals surface area contributed by atoms with Crippen molar-refractivity contribution in [3.05, 3.63) is 58.6 Å². The number of halogens is 1. The number of amides is 2. The molecule has 1 aliphatic heterocycles. The summed E-state index contributed by atoms with van der Waals surface area (Å²) in [5, 5.41) is 0.352. The molecule has 0 fully saturated rings. The summed E-state index contributed by atoms with van der Waals surface area (Å²) >= 11 is 5.96. The Morgan fingerprint density at radius 2 is 1.96 bits per heavy atom. The number of methoxy groups -OCH3 is 1. The first-order valence-corrected chi connectivity index (χ1v) is 8.28. The first-order valence-electron chi connectivity index (χ1n) is 7.90. The summed E-state index contributed by atoms with van der Waals surface area (Å²) in [6, 6.07) is 11.1. The maximum absolute atomic E-state index is 12.8. The summed E-state index contributed by atoms with van der Waals surface area (Å²) in [4.78, 5) is 39.0. The molecule has 0 N–H and O–H groups in total. The van der Waals surface area contributed by atoms with Crippen LogP contribution in [-0.2, 0) is 4.79 Å². The SMILES string of the molecule is COc1ccc(Cl)cc1C(=O)CN1C(=O)c2ccccc2O[C@@H](C)C1=O. The monoisotopic (exact) mass is 373 g/mol. The van der Waals surface area contributed by atoms with Gasteiger partial charge < -0.3 is 9.47 Å². The van der Waals surface area contributed by atoms with Crippen molar-refractivity contribution in [2.24, 2.45) is 0 Å². The average Bonchev–Trinajstić information content (AvgIpc) is 2.72. The summed E-state index contributed by atoms with van der Waals surface area (Å²) in [6.45, 7) is 1.10. The van der Waals surface area contributed by atoms with E-state index >= 15 is 0 Å². The van der Waals surface area contributed by atoms with Gasteiger partial charge in [-0.3, -0.25) is 19.3 Å². The van der Waals surface area contributed by atoms with Crippen molar-refractivity contribution < 1.29 is 23.9 Å². The van der Waals surface area contributed by atoms with E-state index < -0.39 is 30.2 Å². The molecule has 26 heavy (non-hydrogen) atoms. The number of hydrogen-bond acceptors (Lipinski definition) is 5. The highest BCUT2D eigenvalue weighted by Gasteiger charge is 2.35. The minimum absolute atomic E-state index is 0.201. The van der Waals surface area contributed by atoms with Crippen LogP contribution in [0.25, 0.3) is 0 Å². The molecule has 0 bridgehead atoms. The summed E-state index contributed by atoms with van der Waals surface area (Å²) in [7, 11) is 1.43. The molecule has 0 saturated heterocycles. The minimum atomic E-state index is -0.892. The fraction of sp³-hybridized carbons (Fsp3) is 0.211. The maximum Gasteiger partial charge on any atom is 0.270 e. The van der Waals surface area contributed by atoms with Gasteiger partial charge in [0.1, 0.15) is 11.5 Å². The van der Waals surface area contributed by atoms with E-state index in [0.29, 0.717) is 16.5 Å². The summed E-state index contributed by atoms with van der Waals surface area (Å²) in [6.07, 6.45) is -0.892. The van der Waals surface area contributed by atoms with Gasteiger partial charge in [0.05, 0.1) is 24.8 Å². The van der Waals surface area contributed by atoms with Crippen LogP contribution in [0.5, 0.6) is 11.5 Å². The topological polar surface area (TPSA) is 72.9 Å². The predicted octanol–water partition coefficient (Wildman–Crippen LogP) is 2.98. The highest BCUT2D eigenvalue weighted by atomic mass is 35.5. The second-order valence-electron chi connectivity index (χ2n) is 5.75. The van der Waals surface area contributed by atoms with E-state index in [1.165, 1.54) is 20.1 Å². The smallest absolute Gasteiger partial charge is 0.270 e. The lowest BCUT2D eigenvalue weighted by Gasteiger charge is -2.20. The Balaban J connectivity index is 1.95. The van der Waals surface area contributed by atoms with Crippen molar-refractivity contribution in [1.29, 1.82) is 0 Å². The Kier molecular flexibility index (Phi) is 4.95. The maximum atomic E-state index is 12.8. The molecule has 0 aromatic heterocycles. The van der Waals surface area contributed by atoms with Gasteiger partial charge in [-0.05, 0) is 37.3 Å². The Morgan fingerprint density at radius 3 is 2.69 bits per heavy atom. The molecule has 0 aliphatic carbocycles. The van der Waals surface area contributed by atoms with Crippen molar-refractivity contribution in [3.63, 3.8) is 0 Å². The third-order valence-electron chi connectivity index (χ3n) is 4.04. The molecular weight excluding hydrogens is 358 g/mol. The second kappa shape index (κ2) is 7.17. The van der Waals surface area contributed by atoms with Crippen molar-refractivity contribution >= 4 is 29.2 Å². The molecule has 0 radical (unpaired) electrons. The number of benzene rings is 2. The Bertz CT molecular complexity index is 895. The zero-order valence-electron chi connectivity index (χ0n) is 14.2. The molecule has 1 heterocycles. The number of hydrogen-bond donors (Lipinski definition) is 0. The third-order valence-corrected chi connectivity index (χ3v) is 4.28. The highest BCUT2D eigenvalue weighted by Crippen LogP contribution is 2.27. The molecule has 6 nitrogen and oxygen atoms in total. The first kappa shape index (κ1) is 17.9. The summed E-state index contributed by atoms with van der Waals surface area (Å²) in [5.74, 6) is -0.991. The van der Waals surface area contributed by atoms with Crippen molar-refractivity contribution in [1.82, 2.24) is 4.90 Å². The lowest BCUT2D eigenvalue weighted by molar-refractivity contribution is -0.134. The first-order chi connectivity index (χ1) is 12.4. The zero-order valence-corrected chi connectivity index (χ0v) is 14.9. The number of imide groups is 1. The number of carbonyl (C=O) groups excluding carboxylic acids is 3. The van der Waals surface area contributed by atoms with Gasteiger partial charge in [0.25, 0.3) is 11.8 Å². The van der Waals surface area contributed by atoms with Gasteiger partial charge >= 0.3 is 0 Å². The van der Waals surface area contributed by atoms with Crippen LogP contribution in [0.3, 0.4) is 0 Å². The molecule has 1 aliphatic rings. The lowest BCUT2D eigenvalue weighted by Crippen LogP contribution is -2.44. The number of carbonyl (C=O) groups is 3. The average molecular weight is 374 g/mol. The number of para-hydroxylation sites is 1. The van der Waals surface area contributed by atoms with Crippen LogP contribution in [-0.4, -0.2) is 42.3 Å². The van der Waals surface area contributed by atoms with E-state index in [9.17, 15) is 14.4 Å². The molecule has 0 unspecified atom stereocenters. The fourth-order valence-electron chi connectivity index (χ4n) is 2.73. The molecule has 134 valence electrons. The van der Waals surface area contributed by atoms with Gasteiger partial charge in [-0.1, -0.05) is 23.7 Å². The Hall–Kier alpha value is -2.86. The van der Waals surface area contributed by atoms with Gasteiger partial charge in [0.15, 0.2) is 11.9 Å². The molecule has 7 heteroatoms. The molecule has 2 aromatic carbocycles. The quantitative estimate of drug-likeness (QED) is 0.608. The van der Waals surface area contributed by atoms with E-state index in [1.807, 2.05) is 0 Å². The van der Waals surface area contributed by atoms with Crippen LogP contribution < -0.4 is 9.47 Å². The van der Waals surface area contributed by atoms with Crippen molar-refractivity contribution in [3.8, 4) is 11.5 Å². The van der Waals surface area contributed by atoms with Crippen LogP contribution in [0.1, 0.15) is 27.6 Å². The number of nitrogens with zero attached hydrogens (tertiary/aromatic N) is 1. The lowest BCUT2D eigenvalue weighted by atomic mass is 10.1. The molecule has 1 atom stereocenters. The molecule has 0 spiro atoms. The summed E-state index contributed by atoms with van der Waals surface area (Å²) < 4.78 is 10.7. The number of rotatable bonds is 4.